The van der Waals surface area contributed by atoms with Crippen molar-refractivity contribution in [3.8, 4) is 0 Å². The van der Waals surface area contributed by atoms with Gasteiger partial charge in [0.2, 0.25) is 5.91 Å². The molecule has 2 aliphatic heterocycles. The van der Waals surface area contributed by atoms with Gasteiger partial charge in [-0.1, -0.05) is 6.92 Å². The third kappa shape index (κ3) is 2.05. The van der Waals surface area contributed by atoms with Gasteiger partial charge in [-0.25, -0.2) is 4.79 Å². The third-order valence-electron chi connectivity index (χ3n) is 3.66. The van der Waals surface area contributed by atoms with Crippen LogP contribution in [0, 0.1) is 11.8 Å². The zero-order valence-corrected chi connectivity index (χ0v) is 11.6. The molecule has 0 aromatic heterocycles. The highest BCUT2D eigenvalue weighted by molar-refractivity contribution is 8.03. The average Bonchev–Trinajstić information content (AvgIpc) is 2.56. The Morgan fingerprint density at radius 2 is 2.16 bits per heavy atom. The van der Waals surface area contributed by atoms with Gasteiger partial charge < -0.3 is 20.2 Å². The van der Waals surface area contributed by atoms with Crippen molar-refractivity contribution < 1.29 is 24.9 Å². The lowest BCUT2D eigenvalue weighted by Gasteiger charge is -2.46. The fraction of sp³-hybridized carbons (Fsp3) is 0.667. The van der Waals surface area contributed by atoms with Crippen molar-refractivity contribution in [3.63, 3.8) is 0 Å². The van der Waals surface area contributed by atoms with Crippen molar-refractivity contribution in [2.24, 2.45) is 11.8 Å². The van der Waals surface area contributed by atoms with E-state index in [-0.39, 0.29) is 30.2 Å². The van der Waals surface area contributed by atoms with Crippen LogP contribution < -0.4 is 0 Å². The number of carbonyl (C=O) groups is 2. The third-order valence-corrected chi connectivity index (χ3v) is 4.92. The van der Waals surface area contributed by atoms with E-state index < -0.39 is 18.0 Å². The quantitative estimate of drug-likeness (QED) is 0.609. The summed E-state index contributed by atoms with van der Waals surface area (Å²) in [6.45, 7) is 3.35. The number of fused-ring (bicyclic) bond motifs is 1. The second-order valence-corrected chi connectivity index (χ2v) is 5.98. The Bertz CT molecular complexity index is 447. The van der Waals surface area contributed by atoms with Crippen molar-refractivity contribution >= 4 is 23.6 Å². The Labute approximate surface area is 115 Å². The lowest BCUT2D eigenvalue weighted by Crippen LogP contribution is -2.63. The Balaban J connectivity index is 2.32. The molecule has 0 radical (unpaired) electrons. The van der Waals surface area contributed by atoms with Gasteiger partial charge in [0, 0.05) is 16.6 Å². The number of carboxylic acid groups (broad SMARTS) is 1. The summed E-state index contributed by atoms with van der Waals surface area (Å²) in [6.07, 6.45) is -0.784. The number of aliphatic hydroxyl groups is 2. The van der Waals surface area contributed by atoms with E-state index in [1.807, 2.05) is 6.92 Å². The first kappa shape index (κ1) is 14.4. The Morgan fingerprint density at radius 3 is 2.63 bits per heavy atom. The zero-order chi connectivity index (χ0) is 14.3. The molecule has 2 heterocycles. The van der Waals surface area contributed by atoms with E-state index in [2.05, 4.69) is 0 Å². The monoisotopic (exact) mass is 287 g/mol. The van der Waals surface area contributed by atoms with Crippen LogP contribution in [-0.2, 0) is 9.59 Å². The maximum Gasteiger partial charge on any atom is 0.353 e. The molecule has 0 aromatic rings. The van der Waals surface area contributed by atoms with Gasteiger partial charge in [0.05, 0.1) is 24.7 Å². The Hall–Kier alpha value is -1.05. The predicted octanol–water partition coefficient (Wildman–Crippen LogP) is -0.134. The Morgan fingerprint density at radius 1 is 1.53 bits per heavy atom. The van der Waals surface area contributed by atoms with Gasteiger partial charge >= 0.3 is 5.97 Å². The molecule has 1 fully saturated rings. The number of nitrogens with zero attached hydrogens (tertiary/aromatic N) is 1. The second-order valence-electron chi connectivity index (χ2n) is 4.84. The molecule has 0 bridgehead atoms. The number of carbonyl (C=O) groups excluding carboxylic acids is 1. The number of carboxylic acids is 1. The van der Waals surface area contributed by atoms with E-state index in [9.17, 15) is 19.8 Å². The lowest BCUT2D eigenvalue weighted by molar-refractivity contribution is -0.163. The molecule has 3 N–H and O–H groups in total. The molecule has 1 amide bonds. The SMILES string of the molecule is C[C@@H](O)[C@H]1C(=O)N2C(C(=O)O)=C(SCCO)[C@H](C)[C@H]12. The van der Waals surface area contributed by atoms with Gasteiger partial charge in [-0.15, -0.1) is 11.8 Å². The van der Waals surface area contributed by atoms with E-state index in [1.54, 1.807) is 6.92 Å². The molecule has 0 aromatic carbocycles. The minimum Gasteiger partial charge on any atom is -0.477 e. The molecule has 0 spiro atoms. The van der Waals surface area contributed by atoms with Gasteiger partial charge in [-0.05, 0) is 6.92 Å². The highest BCUT2D eigenvalue weighted by atomic mass is 32.2. The van der Waals surface area contributed by atoms with Crippen molar-refractivity contribution in [2.45, 2.75) is 26.0 Å². The van der Waals surface area contributed by atoms with Crippen LogP contribution >= 0.6 is 11.8 Å². The number of hydrogen-bond acceptors (Lipinski definition) is 5. The van der Waals surface area contributed by atoms with Gasteiger partial charge in [0.25, 0.3) is 0 Å². The summed E-state index contributed by atoms with van der Waals surface area (Å²) in [5.74, 6) is -1.72. The lowest BCUT2D eigenvalue weighted by atomic mass is 9.79. The number of rotatable bonds is 5. The molecular weight excluding hydrogens is 270 g/mol. The van der Waals surface area contributed by atoms with Crippen molar-refractivity contribution in [1.29, 1.82) is 0 Å². The zero-order valence-electron chi connectivity index (χ0n) is 10.7. The predicted molar refractivity (Wildman–Crippen MR) is 69.2 cm³/mol. The second kappa shape index (κ2) is 5.15. The fourth-order valence-electron chi connectivity index (χ4n) is 2.87. The summed E-state index contributed by atoms with van der Waals surface area (Å²) >= 11 is 1.27. The number of amides is 1. The normalized spacial score (nSPS) is 31.3. The summed E-state index contributed by atoms with van der Waals surface area (Å²) in [7, 11) is 0. The number of thioether (sulfide) groups is 1. The number of aliphatic carboxylic acids is 1. The molecule has 2 rings (SSSR count). The average molecular weight is 287 g/mol. The molecule has 2 aliphatic rings. The molecule has 0 unspecified atom stereocenters. The van der Waals surface area contributed by atoms with E-state index >= 15 is 0 Å². The highest BCUT2D eigenvalue weighted by Gasteiger charge is 2.59. The Kier molecular flexibility index (Phi) is 3.89. The van der Waals surface area contributed by atoms with E-state index in [1.165, 1.54) is 16.7 Å². The molecule has 6 nitrogen and oxygen atoms in total. The van der Waals surface area contributed by atoms with Gasteiger partial charge in [0.15, 0.2) is 0 Å². The van der Waals surface area contributed by atoms with Gasteiger partial charge in [-0.3, -0.25) is 4.79 Å². The van der Waals surface area contributed by atoms with Crippen LogP contribution in [0.2, 0.25) is 0 Å². The van der Waals surface area contributed by atoms with Gasteiger partial charge in [-0.2, -0.15) is 0 Å². The molecule has 1 saturated heterocycles. The molecular formula is C12H17NO5S. The smallest absolute Gasteiger partial charge is 0.353 e. The molecule has 19 heavy (non-hydrogen) atoms. The van der Waals surface area contributed by atoms with Crippen LogP contribution in [0.3, 0.4) is 0 Å². The summed E-state index contributed by atoms with van der Waals surface area (Å²) < 4.78 is 0. The standard InChI is InChI=1S/C12H17NO5S/c1-5-8-7(6(2)15)11(16)13(8)9(12(17)18)10(5)19-4-3-14/h5-8,14-15H,3-4H2,1-2H3,(H,17,18)/t5-,6-,7-,8-/m1/s1. The number of hydrogen-bond donors (Lipinski definition) is 3. The fourth-order valence-corrected chi connectivity index (χ4v) is 3.91. The van der Waals surface area contributed by atoms with E-state index in [0.29, 0.717) is 10.7 Å². The van der Waals surface area contributed by atoms with Crippen molar-refractivity contribution in [3.05, 3.63) is 10.6 Å². The van der Waals surface area contributed by atoms with Crippen molar-refractivity contribution in [2.75, 3.05) is 12.4 Å². The van der Waals surface area contributed by atoms with Crippen molar-refractivity contribution in [1.82, 2.24) is 4.90 Å². The van der Waals surface area contributed by atoms with Crippen LogP contribution in [0.4, 0.5) is 0 Å². The molecule has 7 heteroatoms. The van der Waals surface area contributed by atoms with E-state index in [4.69, 9.17) is 5.11 Å². The van der Waals surface area contributed by atoms with Crippen LogP contribution in [0.5, 0.6) is 0 Å². The van der Waals surface area contributed by atoms with Crippen LogP contribution in [0.25, 0.3) is 0 Å². The van der Waals surface area contributed by atoms with Gasteiger partial charge in [0.1, 0.15) is 5.70 Å². The molecule has 4 atom stereocenters. The molecule has 106 valence electrons. The first-order valence-electron chi connectivity index (χ1n) is 6.14. The number of aliphatic hydroxyl groups excluding tert-OH is 2. The first-order chi connectivity index (χ1) is 8.91. The summed E-state index contributed by atoms with van der Waals surface area (Å²) in [5, 5.41) is 27.8. The summed E-state index contributed by atoms with van der Waals surface area (Å²) in [4.78, 5) is 25.2. The first-order valence-corrected chi connectivity index (χ1v) is 7.12. The molecule has 0 aliphatic carbocycles. The minimum atomic E-state index is -1.13. The van der Waals surface area contributed by atoms with E-state index in [0.717, 1.165) is 0 Å². The van der Waals surface area contributed by atoms with Crippen LogP contribution in [-0.4, -0.2) is 56.6 Å². The minimum absolute atomic E-state index is 0.0119. The largest absolute Gasteiger partial charge is 0.477 e. The van der Waals surface area contributed by atoms with Crippen LogP contribution in [0.15, 0.2) is 10.6 Å². The maximum absolute atomic E-state index is 12.0. The topological polar surface area (TPSA) is 98.1 Å². The van der Waals surface area contributed by atoms with Crippen LogP contribution in [0.1, 0.15) is 13.8 Å². The molecule has 0 saturated carbocycles. The summed E-state index contributed by atoms with van der Waals surface area (Å²) in [6, 6.07) is -0.278. The maximum atomic E-state index is 12.0. The summed E-state index contributed by atoms with van der Waals surface area (Å²) in [5.41, 5.74) is 0.0119. The highest BCUT2D eigenvalue weighted by Crippen LogP contribution is 2.50. The number of β-lactam (4-membered cyclic amide) rings is 1.